The maximum atomic E-state index is 11.9. The number of carbonyl (C=O) groups excluding carboxylic acids is 1. The standard InChI is InChI=1S/C14H29N3O/c1-11-10-13(2,3)6-7-14(11,12(15)18)16-8-9-17(4)5/h11,16H,6-10H2,1-5H3,(H2,15,18). The molecule has 1 aliphatic rings. The first-order chi connectivity index (χ1) is 8.19. The van der Waals surface area contributed by atoms with Gasteiger partial charge in [0.05, 0.1) is 0 Å². The number of amides is 1. The molecule has 1 aliphatic carbocycles. The zero-order valence-electron chi connectivity index (χ0n) is 12.5. The zero-order chi connectivity index (χ0) is 14.0. The van der Waals surface area contributed by atoms with Crippen molar-refractivity contribution in [2.75, 3.05) is 27.2 Å². The lowest BCUT2D eigenvalue weighted by Gasteiger charge is -2.47. The molecule has 2 unspecified atom stereocenters. The molecule has 4 nitrogen and oxygen atoms in total. The number of carbonyl (C=O) groups is 1. The quantitative estimate of drug-likeness (QED) is 0.776. The summed E-state index contributed by atoms with van der Waals surface area (Å²) in [6.07, 6.45) is 2.95. The highest BCUT2D eigenvalue weighted by Crippen LogP contribution is 2.43. The molecule has 0 heterocycles. The third-order valence-corrected chi connectivity index (χ3v) is 4.34. The van der Waals surface area contributed by atoms with E-state index in [9.17, 15) is 4.79 Å². The zero-order valence-corrected chi connectivity index (χ0v) is 12.5. The van der Waals surface area contributed by atoms with Crippen LogP contribution in [0.4, 0.5) is 0 Å². The highest BCUT2D eigenvalue weighted by Gasteiger charge is 2.47. The highest BCUT2D eigenvalue weighted by molar-refractivity contribution is 5.85. The van der Waals surface area contributed by atoms with Crippen LogP contribution in [0.1, 0.15) is 40.0 Å². The molecule has 1 rings (SSSR count). The Kier molecular flexibility index (Phi) is 4.78. The Hall–Kier alpha value is -0.610. The Balaban J connectivity index is 2.72. The predicted octanol–water partition coefficient (Wildman–Crippen LogP) is 1.21. The fraction of sp³-hybridized carbons (Fsp3) is 0.929. The van der Waals surface area contributed by atoms with E-state index in [-0.39, 0.29) is 5.91 Å². The molecular weight excluding hydrogens is 226 g/mol. The first-order valence-electron chi connectivity index (χ1n) is 6.89. The van der Waals surface area contributed by atoms with Gasteiger partial charge in [0.1, 0.15) is 5.54 Å². The number of rotatable bonds is 5. The van der Waals surface area contributed by atoms with Gasteiger partial charge in [0.25, 0.3) is 0 Å². The van der Waals surface area contributed by atoms with E-state index in [1.807, 2.05) is 14.1 Å². The fourth-order valence-corrected chi connectivity index (χ4v) is 3.11. The Morgan fingerprint density at radius 1 is 1.39 bits per heavy atom. The van der Waals surface area contributed by atoms with Crippen LogP contribution in [-0.2, 0) is 4.79 Å². The Morgan fingerprint density at radius 3 is 2.44 bits per heavy atom. The number of likely N-dealkylation sites (N-methyl/N-ethyl adjacent to an activating group) is 1. The van der Waals surface area contributed by atoms with Crippen LogP contribution in [-0.4, -0.2) is 43.5 Å². The van der Waals surface area contributed by atoms with Crippen molar-refractivity contribution < 1.29 is 4.79 Å². The van der Waals surface area contributed by atoms with Crippen LogP contribution in [0.2, 0.25) is 0 Å². The van der Waals surface area contributed by atoms with E-state index in [0.29, 0.717) is 11.3 Å². The summed E-state index contributed by atoms with van der Waals surface area (Å²) in [4.78, 5) is 14.0. The molecule has 0 aromatic carbocycles. The number of nitrogens with two attached hydrogens (primary N) is 1. The molecule has 0 aromatic rings. The molecule has 4 heteroatoms. The van der Waals surface area contributed by atoms with E-state index < -0.39 is 5.54 Å². The minimum absolute atomic E-state index is 0.191. The van der Waals surface area contributed by atoms with Crippen molar-refractivity contribution in [3.05, 3.63) is 0 Å². The smallest absolute Gasteiger partial charge is 0.238 e. The molecule has 0 saturated heterocycles. The summed E-state index contributed by atoms with van der Waals surface area (Å²) in [6, 6.07) is 0. The first-order valence-corrected chi connectivity index (χ1v) is 6.89. The maximum Gasteiger partial charge on any atom is 0.238 e. The van der Waals surface area contributed by atoms with Gasteiger partial charge >= 0.3 is 0 Å². The predicted molar refractivity (Wildman–Crippen MR) is 75.3 cm³/mol. The molecule has 3 N–H and O–H groups in total. The van der Waals surface area contributed by atoms with E-state index in [1.54, 1.807) is 0 Å². The third-order valence-electron chi connectivity index (χ3n) is 4.34. The summed E-state index contributed by atoms with van der Waals surface area (Å²) in [7, 11) is 4.07. The lowest BCUT2D eigenvalue weighted by atomic mass is 9.63. The SMILES string of the molecule is CC1CC(C)(C)CCC1(NCCN(C)C)C(N)=O. The molecule has 0 spiro atoms. The summed E-state index contributed by atoms with van der Waals surface area (Å²) >= 11 is 0. The highest BCUT2D eigenvalue weighted by atomic mass is 16.1. The summed E-state index contributed by atoms with van der Waals surface area (Å²) < 4.78 is 0. The molecule has 0 radical (unpaired) electrons. The van der Waals surface area contributed by atoms with E-state index in [4.69, 9.17) is 5.73 Å². The van der Waals surface area contributed by atoms with E-state index >= 15 is 0 Å². The molecule has 1 amide bonds. The number of nitrogens with zero attached hydrogens (tertiary/aromatic N) is 1. The topological polar surface area (TPSA) is 58.4 Å². The molecular formula is C14H29N3O. The van der Waals surface area contributed by atoms with Crippen LogP contribution in [0.15, 0.2) is 0 Å². The first kappa shape index (κ1) is 15.4. The van der Waals surface area contributed by atoms with E-state index in [1.165, 1.54) is 0 Å². The van der Waals surface area contributed by atoms with E-state index in [0.717, 1.165) is 32.4 Å². The number of nitrogens with one attached hydrogen (secondary N) is 1. The second-order valence-corrected chi connectivity index (χ2v) is 6.84. The average Bonchev–Trinajstić information content (AvgIpc) is 2.19. The van der Waals surface area contributed by atoms with Crippen LogP contribution in [0.25, 0.3) is 0 Å². The van der Waals surface area contributed by atoms with Crippen molar-refractivity contribution in [1.29, 1.82) is 0 Å². The van der Waals surface area contributed by atoms with E-state index in [2.05, 4.69) is 31.0 Å². The normalized spacial score (nSPS) is 31.6. The van der Waals surface area contributed by atoms with Gasteiger partial charge in [0.2, 0.25) is 5.91 Å². The second kappa shape index (κ2) is 5.57. The van der Waals surface area contributed by atoms with Gasteiger partial charge < -0.3 is 16.0 Å². The molecule has 1 saturated carbocycles. The van der Waals surface area contributed by atoms with Gasteiger partial charge in [0.15, 0.2) is 0 Å². The van der Waals surface area contributed by atoms with Gasteiger partial charge in [-0.3, -0.25) is 4.79 Å². The molecule has 0 bridgehead atoms. The van der Waals surface area contributed by atoms with Gasteiger partial charge in [0, 0.05) is 13.1 Å². The van der Waals surface area contributed by atoms with Crippen molar-refractivity contribution in [2.24, 2.45) is 17.1 Å². The van der Waals surface area contributed by atoms with Gasteiger partial charge in [-0.15, -0.1) is 0 Å². The van der Waals surface area contributed by atoms with Gasteiger partial charge in [-0.25, -0.2) is 0 Å². The average molecular weight is 255 g/mol. The van der Waals surface area contributed by atoms with Crippen molar-refractivity contribution in [1.82, 2.24) is 10.2 Å². The van der Waals surface area contributed by atoms with Crippen LogP contribution in [0.3, 0.4) is 0 Å². The van der Waals surface area contributed by atoms with Crippen molar-refractivity contribution in [3.63, 3.8) is 0 Å². The molecule has 0 aliphatic heterocycles. The summed E-state index contributed by atoms with van der Waals surface area (Å²) in [5, 5.41) is 3.44. The van der Waals surface area contributed by atoms with Crippen molar-refractivity contribution >= 4 is 5.91 Å². The summed E-state index contributed by atoms with van der Waals surface area (Å²) in [5.41, 5.74) is 5.50. The Morgan fingerprint density at radius 2 is 2.00 bits per heavy atom. The van der Waals surface area contributed by atoms with Gasteiger partial charge in [-0.1, -0.05) is 20.8 Å². The number of primary amides is 1. The Labute approximate surface area is 111 Å². The monoisotopic (exact) mass is 255 g/mol. The van der Waals surface area contributed by atoms with Crippen molar-refractivity contribution in [3.8, 4) is 0 Å². The van der Waals surface area contributed by atoms with Crippen LogP contribution in [0, 0.1) is 11.3 Å². The van der Waals surface area contributed by atoms with Crippen LogP contribution < -0.4 is 11.1 Å². The second-order valence-electron chi connectivity index (χ2n) is 6.84. The molecule has 1 fully saturated rings. The minimum atomic E-state index is -0.508. The molecule has 2 atom stereocenters. The Bertz CT molecular complexity index is 301. The molecule has 18 heavy (non-hydrogen) atoms. The maximum absolute atomic E-state index is 11.9. The summed E-state index contributed by atoms with van der Waals surface area (Å²) in [6.45, 7) is 8.42. The van der Waals surface area contributed by atoms with Crippen LogP contribution in [0.5, 0.6) is 0 Å². The molecule has 106 valence electrons. The number of hydrogen-bond acceptors (Lipinski definition) is 3. The molecule has 0 aromatic heterocycles. The largest absolute Gasteiger partial charge is 0.368 e. The van der Waals surface area contributed by atoms with Gasteiger partial charge in [-0.05, 0) is 44.7 Å². The summed E-state index contributed by atoms with van der Waals surface area (Å²) in [5.74, 6) is 0.102. The number of hydrogen-bond donors (Lipinski definition) is 2. The fourth-order valence-electron chi connectivity index (χ4n) is 3.11. The lowest BCUT2D eigenvalue weighted by molar-refractivity contribution is -0.129. The minimum Gasteiger partial charge on any atom is -0.368 e. The lowest BCUT2D eigenvalue weighted by Crippen LogP contribution is -2.63. The van der Waals surface area contributed by atoms with Crippen molar-refractivity contribution in [2.45, 2.75) is 45.6 Å². The van der Waals surface area contributed by atoms with Crippen LogP contribution >= 0.6 is 0 Å². The third kappa shape index (κ3) is 3.45. The van der Waals surface area contributed by atoms with Gasteiger partial charge in [-0.2, -0.15) is 0 Å².